The molecule has 0 amide bonds. The van der Waals surface area contributed by atoms with Gasteiger partial charge in [-0.25, -0.2) is 0 Å². The van der Waals surface area contributed by atoms with Crippen LogP contribution in [0.15, 0.2) is 42.5 Å². The van der Waals surface area contributed by atoms with Gasteiger partial charge in [0, 0.05) is 18.2 Å². The van der Waals surface area contributed by atoms with Gasteiger partial charge in [-0.1, -0.05) is 6.07 Å². The Morgan fingerprint density at radius 2 is 1.67 bits per heavy atom. The predicted molar refractivity (Wildman–Crippen MR) is 97.5 cm³/mol. The number of nitrogens with two attached hydrogens (primary N) is 2. The maximum absolute atomic E-state index is 5.94. The fourth-order valence-electron chi connectivity index (χ4n) is 2.88. The summed E-state index contributed by atoms with van der Waals surface area (Å²) in [5.41, 5.74) is 12.6. The van der Waals surface area contributed by atoms with E-state index in [9.17, 15) is 0 Å². The van der Waals surface area contributed by atoms with E-state index in [1.807, 2.05) is 24.3 Å². The molecule has 128 valence electrons. The van der Waals surface area contributed by atoms with Crippen molar-refractivity contribution in [1.29, 1.82) is 0 Å². The van der Waals surface area contributed by atoms with Crippen molar-refractivity contribution < 1.29 is 9.47 Å². The molecule has 2 aromatic rings. The Bertz CT molecular complexity index is 684. The number of hydrogen-bond donors (Lipinski definition) is 2. The highest BCUT2D eigenvalue weighted by molar-refractivity contribution is 5.65. The van der Waals surface area contributed by atoms with E-state index in [1.165, 1.54) is 25.9 Å². The molecule has 1 unspecified atom stereocenters. The summed E-state index contributed by atoms with van der Waals surface area (Å²) < 4.78 is 11.8. The quantitative estimate of drug-likeness (QED) is 0.794. The maximum atomic E-state index is 5.94. The SMILES string of the molecule is CC(COc1cccc(Oc2ccc(N)c(N)c2)c1)N1CCCC1. The molecule has 0 bridgehead atoms. The van der Waals surface area contributed by atoms with Crippen LogP contribution >= 0.6 is 0 Å². The van der Waals surface area contributed by atoms with Gasteiger partial charge in [0.05, 0.1) is 11.4 Å². The molecule has 24 heavy (non-hydrogen) atoms. The van der Waals surface area contributed by atoms with Gasteiger partial charge in [-0.3, -0.25) is 4.90 Å². The van der Waals surface area contributed by atoms with Crippen molar-refractivity contribution in [1.82, 2.24) is 4.90 Å². The summed E-state index contributed by atoms with van der Waals surface area (Å²) >= 11 is 0. The summed E-state index contributed by atoms with van der Waals surface area (Å²) in [5, 5.41) is 0. The lowest BCUT2D eigenvalue weighted by Gasteiger charge is -2.23. The lowest BCUT2D eigenvalue weighted by Crippen LogP contribution is -2.34. The second kappa shape index (κ2) is 7.45. The number of rotatable bonds is 6. The molecular formula is C19H25N3O2. The highest BCUT2D eigenvalue weighted by Crippen LogP contribution is 2.28. The molecule has 1 saturated heterocycles. The third-order valence-corrected chi connectivity index (χ3v) is 4.35. The average Bonchev–Trinajstić information content (AvgIpc) is 3.11. The fourth-order valence-corrected chi connectivity index (χ4v) is 2.88. The third-order valence-electron chi connectivity index (χ3n) is 4.35. The van der Waals surface area contributed by atoms with E-state index in [0.29, 0.717) is 35.5 Å². The van der Waals surface area contributed by atoms with Gasteiger partial charge in [0.2, 0.25) is 0 Å². The van der Waals surface area contributed by atoms with Crippen LogP contribution in [0.4, 0.5) is 11.4 Å². The zero-order valence-corrected chi connectivity index (χ0v) is 14.1. The van der Waals surface area contributed by atoms with Crippen molar-refractivity contribution in [2.75, 3.05) is 31.2 Å². The zero-order chi connectivity index (χ0) is 16.9. The molecule has 1 heterocycles. The molecule has 2 aromatic carbocycles. The summed E-state index contributed by atoms with van der Waals surface area (Å²) in [6, 6.07) is 13.3. The second-order valence-corrected chi connectivity index (χ2v) is 6.27. The molecule has 0 saturated carbocycles. The molecular weight excluding hydrogens is 302 g/mol. The van der Waals surface area contributed by atoms with Gasteiger partial charge in [-0.05, 0) is 57.1 Å². The molecule has 1 fully saturated rings. The smallest absolute Gasteiger partial charge is 0.131 e. The molecule has 5 nitrogen and oxygen atoms in total. The van der Waals surface area contributed by atoms with Crippen molar-refractivity contribution >= 4 is 11.4 Å². The molecule has 1 aliphatic rings. The predicted octanol–water partition coefficient (Wildman–Crippen LogP) is 3.51. The van der Waals surface area contributed by atoms with E-state index in [-0.39, 0.29) is 0 Å². The molecule has 0 radical (unpaired) electrons. The maximum Gasteiger partial charge on any atom is 0.131 e. The molecule has 1 aliphatic heterocycles. The first-order chi connectivity index (χ1) is 11.6. The van der Waals surface area contributed by atoms with Crippen LogP contribution in [-0.2, 0) is 0 Å². The molecule has 5 heteroatoms. The Balaban J connectivity index is 1.60. The summed E-state index contributed by atoms with van der Waals surface area (Å²) in [5.74, 6) is 2.18. The largest absolute Gasteiger partial charge is 0.492 e. The molecule has 0 spiro atoms. The van der Waals surface area contributed by atoms with E-state index < -0.39 is 0 Å². The molecule has 4 N–H and O–H groups in total. The first kappa shape index (κ1) is 16.5. The van der Waals surface area contributed by atoms with Crippen LogP contribution in [0.1, 0.15) is 19.8 Å². The number of nitrogens with zero attached hydrogens (tertiary/aromatic N) is 1. The van der Waals surface area contributed by atoms with Crippen LogP contribution in [0.3, 0.4) is 0 Å². The number of nitrogen functional groups attached to an aromatic ring is 2. The van der Waals surface area contributed by atoms with Crippen molar-refractivity contribution in [3.8, 4) is 17.2 Å². The Morgan fingerprint density at radius 1 is 0.958 bits per heavy atom. The first-order valence-corrected chi connectivity index (χ1v) is 8.41. The Kier molecular flexibility index (Phi) is 5.11. The van der Waals surface area contributed by atoms with Gasteiger partial charge < -0.3 is 20.9 Å². The van der Waals surface area contributed by atoms with Gasteiger partial charge in [0.15, 0.2) is 0 Å². The Morgan fingerprint density at radius 3 is 2.42 bits per heavy atom. The summed E-state index contributed by atoms with van der Waals surface area (Å²) in [7, 11) is 0. The lowest BCUT2D eigenvalue weighted by molar-refractivity contribution is 0.172. The van der Waals surface area contributed by atoms with Crippen molar-refractivity contribution in [2.24, 2.45) is 0 Å². The summed E-state index contributed by atoms with van der Waals surface area (Å²) in [6.07, 6.45) is 2.58. The van der Waals surface area contributed by atoms with Crippen LogP contribution in [-0.4, -0.2) is 30.6 Å². The minimum atomic E-state index is 0.425. The van der Waals surface area contributed by atoms with Crippen molar-refractivity contribution in [2.45, 2.75) is 25.8 Å². The van der Waals surface area contributed by atoms with Crippen LogP contribution in [0.2, 0.25) is 0 Å². The molecule has 3 rings (SSSR count). The van der Waals surface area contributed by atoms with Crippen LogP contribution in [0, 0.1) is 0 Å². The van der Waals surface area contributed by atoms with Gasteiger partial charge in [-0.2, -0.15) is 0 Å². The topological polar surface area (TPSA) is 73.7 Å². The van der Waals surface area contributed by atoms with Gasteiger partial charge in [0.25, 0.3) is 0 Å². The second-order valence-electron chi connectivity index (χ2n) is 6.27. The minimum Gasteiger partial charge on any atom is -0.492 e. The number of benzene rings is 2. The van der Waals surface area contributed by atoms with Gasteiger partial charge in [0.1, 0.15) is 23.9 Å². The lowest BCUT2D eigenvalue weighted by atomic mass is 10.2. The number of ether oxygens (including phenoxy) is 2. The first-order valence-electron chi connectivity index (χ1n) is 8.41. The number of anilines is 2. The molecule has 1 atom stereocenters. The van der Waals surface area contributed by atoms with E-state index in [1.54, 1.807) is 18.2 Å². The van der Waals surface area contributed by atoms with Crippen LogP contribution in [0.25, 0.3) is 0 Å². The fraction of sp³-hybridized carbons (Fsp3) is 0.368. The van der Waals surface area contributed by atoms with Gasteiger partial charge in [-0.15, -0.1) is 0 Å². The Hall–Kier alpha value is -2.40. The highest BCUT2D eigenvalue weighted by atomic mass is 16.5. The number of likely N-dealkylation sites (tertiary alicyclic amines) is 1. The van der Waals surface area contributed by atoms with E-state index in [0.717, 1.165) is 5.75 Å². The van der Waals surface area contributed by atoms with Crippen molar-refractivity contribution in [3.05, 3.63) is 42.5 Å². The van der Waals surface area contributed by atoms with Crippen LogP contribution in [0.5, 0.6) is 17.2 Å². The highest BCUT2D eigenvalue weighted by Gasteiger charge is 2.18. The van der Waals surface area contributed by atoms with E-state index in [2.05, 4.69) is 11.8 Å². The molecule has 0 aliphatic carbocycles. The van der Waals surface area contributed by atoms with Gasteiger partial charge >= 0.3 is 0 Å². The standard InChI is InChI=1S/C19H25N3O2/c1-14(22-9-2-3-10-22)13-23-15-5-4-6-16(11-15)24-17-7-8-18(20)19(21)12-17/h4-8,11-12,14H,2-3,9-10,13,20-21H2,1H3. The monoisotopic (exact) mass is 327 g/mol. The Labute approximate surface area is 143 Å². The zero-order valence-electron chi connectivity index (χ0n) is 14.1. The summed E-state index contributed by atoms with van der Waals surface area (Å²) in [6.45, 7) is 5.24. The van der Waals surface area contributed by atoms with E-state index in [4.69, 9.17) is 20.9 Å². The van der Waals surface area contributed by atoms with Crippen LogP contribution < -0.4 is 20.9 Å². The number of hydrogen-bond acceptors (Lipinski definition) is 5. The van der Waals surface area contributed by atoms with Crippen molar-refractivity contribution in [3.63, 3.8) is 0 Å². The average molecular weight is 327 g/mol. The minimum absolute atomic E-state index is 0.425. The summed E-state index contributed by atoms with van der Waals surface area (Å²) in [4.78, 5) is 2.47. The normalized spacial score (nSPS) is 16.0. The molecule has 0 aromatic heterocycles. The third kappa shape index (κ3) is 4.11. The van der Waals surface area contributed by atoms with E-state index >= 15 is 0 Å².